The molecule has 0 aromatic rings. The van der Waals surface area contributed by atoms with Crippen molar-refractivity contribution in [3.8, 4) is 0 Å². The van der Waals surface area contributed by atoms with Crippen LogP contribution >= 0.6 is 0 Å². The van der Waals surface area contributed by atoms with Crippen molar-refractivity contribution in [1.82, 2.24) is 10.2 Å². The highest BCUT2D eigenvalue weighted by Gasteiger charge is 2.35. The van der Waals surface area contributed by atoms with Crippen LogP contribution in [-0.4, -0.2) is 37.1 Å². The van der Waals surface area contributed by atoms with Gasteiger partial charge in [-0.3, -0.25) is 4.90 Å². The zero-order chi connectivity index (χ0) is 12.3. The Morgan fingerprint density at radius 1 is 1.35 bits per heavy atom. The summed E-state index contributed by atoms with van der Waals surface area (Å²) in [5.41, 5.74) is 0.526. The van der Waals surface area contributed by atoms with Crippen LogP contribution in [0, 0.1) is 11.3 Å². The highest BCUT2D eigenvalue weighted by molar-refractivity contribution is 4.91. The van der Waals surface area contributed by atoms with E-state index >= 15 is 0 Å². The Hall–Kier alpha value is -0.0800. The Morgan fingerprint density at radius 2 is 2.12 bits per heavy atom. The summed E-state index contributed by atoms with van der Waals surface area (Å²) in [7, 11) is 0. The molecule has 0 amide bonds. The van der Waals surface area contributed by atoms with E-state index in [1.54, 1.807) is 0 Å². The van der Waals surface area contributed by atoms with Crippen LogP contribution in [0.1, 0.15) is 52.9 Å². The third-order valence-electron chi connectivity index (χ3n) is 4.33. The summed E-state index contributed by atoms with van der Waals surface area (Å²) < 4.78 is 0. The van der Waals surface area contributed by atoms with Crippen LogP contribution < -0.4 is 5.32 Å². The average molecular weight is 238 g/mol. The Balaban J connectivity index is 1.83. The summed E-state index contributed by atoms with van der Waals surface area (Å²) >= 11 is 0. The van der Waals surface area contributed by atoms with Gasteiger partial charge in [0, 0.05) is 19.1 Å². The summed E-state index contributed by atoms with van der Waals surface area (Å²) in [4.78, 5) is 2.78. The lowest BCUT2D eigenvalue weighted by atomic mass is 9.82. The van der Waals surface area contributed by atoms with E-state index in [0.717, 1.165) is 12.0 Å². The molecule has 1 N–H and O–H groups in total. The molecule has 2 heteroatoms. The predicted molar refractivity (Wildman–Crippen MR) is 74.3 cm³/mol. The first-order valence-electron chi connectivity index (χ1n) is 7.54. The molecule has 1 aliphatic carbocycles. The third-order valence-corrected chi connectivity index (χ3v) is 4.33. The normalized spacial score (nSPS) is 30.2. The summed E-state index contributed by atoms with van der Waals surface area (Å²) in [5.74, 6) is 0.841. The van der Waals surface area contributed by atoms with Gasteiger partial charge >= 0.3 is 0 Å². The Bertz CT molecular complexity index is 227. The first-order valence-corrected chi connectivity index (χ1v) is 7.54. The number of nitrogens with one attached hydrogen (secondary N) is 1. The minimum absolute atomic E-state index is 0.526. The second-order valence-electron chi connectivity index (χ2n) is 6.98. The van der Waals surface area contributed by atoms with Crippen LogP contribution in [0.4, 0.5) is 0 Å². The smallest absolute Gasteiger partial charge is 0.00966 e. The van der Waals surface area contributed by atoms with Gasteiger partial charge in [-0.15, -0.1) is 0 Å². The van der Waals surface area contributed by atoms with Crippen molar-refractivity contribution >= 4 is 0 Å². The fourth-order valence-corrected chi connectivity index (χ4v) is 3.00. The number of piperidine rings is 1. The molecule has 1 unspecified atom stereocenters. The number of hydrogen-bond donors (Lipinski definition) is 1. The van der Waals surface area contributed by atoms with Crippen LogP contribution in [-0.2, 0) is 0 Å². The van der Waals surface area contributed by atoms with Crippen LogP contribution in [0.25, 0.3) is 0 Å². The van der Waals surface area contributed by atoms with Crippen molar-refractivity contribution in [2.75, 3.05) is 26.2 Å². The molecule has 0 aromatic heterocycles. The van der Waals surface area contributed by atoms with Gasteiger partial charge in [-0.05, 0) is 56.5 Å². The Labute approximate surface area is 107 Å². The Morgan fingerprint density at radius 3 is 2.65 bits per heavy atom. The minimum atomic E-state index is 0.526. The molecule has 2 aliphatic rings. The summed E-state index contributed by atoms with van der Waals surface area (Å²) in [6.45, 7) is 12.2. The molecule has 2 rings (SSSR count). The van der Waals surface area contributed by atoms with Crippen LogP contribution in [0.5, 0.6) is 0 Å². The molecule has 17 heavy (non-hydrogen) atoms. The molecule has 1 aliphatic heterocycles. The molecule has 0 aromatic carbocycles. The molecular weight excluding hydrogens is 208 g/mol. The molecule has 1 atom stereocenters. The molecule has 0 radical (unpaired) electrons. The van der Waals surface area contributed by atoms with Gasteiger partial charge in [0.2, 0.25) is 0 Å². The molecule has 0 spiro atoms. The van der Waals surface area contributed by atoms with Gasteiger partial charge in [0.05, 0.1) is 0 Å². The van der Waals surface area contributed by atoms with Crippen molar-refractivity contribution < 1.29 is 0 Å². The van der Waals surface area contributed by atoms with E-state index in [0.29, 0.717) is 5.41 Å². The van der Waals surface area contributed by atoms with Crippen LogP contribution in [0.15, 0.2) is 0 Å². The second-order valence-corrected chi connectivity index (χ2v) is 6.98. The zero-order valence-electron chi connectivity index (χ0n) is 12.0. The van der Waals surface area contributed by atoms with E-state index < -0.39 is 0 Å². The van der Waals surface area contributed by atoms with E-state index in [-0.39, 0.29) is 0 Å². The molecule has 2 nitrogen and oxygen atoms in total. The van der Waals surface area contributed by atoms with Gasteiger partial charge in [0.1, 0.15) is 0 Å². The van der Waals surface area contributed by atoms with Gasteiger partial charge in [-0.25, -0.2) is 0 Å². The van der Waals surface area contributed by atoms with Crippen LogP contribution in [0.2, 0.25) is 0 Å². The van der Waals surface area contributed by atoms with Crippen molar-refractivity contribution in [3.05, 3.63) is 0 Å². The van der Waals surface area contributed by atoms with Gasteiger partial charge < -0.3 is 5.32 Å². The van der Waals surface area contributed by atoms with E-state index in [9.17, 15) is 0 Å². The van der Waals surface area contributed by atoms with E-state index in [1.807, 2.05) is 0 Å². The predicted octanol–water partition coefficient (Wildman–Crippen LogP) is 2.89. The molecule has 2 fully saturated rings. The van der Waals surface area contributed by atoms with Crippen molar-refractivity contribution in [1.29, 1.82) is 0 Å². The SMILES string of the molecule is CC(C)CCN(CC1(C)CCCNC1)C1CC1. The van der Waals surface area contributed by atoms with Crippen molar-refractivity contribution in [2.24, 2.45) is 11.3 Å². The second kappa shape index (κ2) is 5.71. The first kappa shape index (κ1) is 13.4. The fourth-order valence-electron chi connectivity index (χ4n) is 3.00. The first-order chi connectivity index (χ1) is 8.09. The maximum atomic E-state index is 3.58. The molecule has 0 bridgehead atoms. The van der Waals surface area contributed by atoms with E-state index in [4.69, 9.17) is 0 Å². The molecular formula is C15H30N2. The van der Waals surface area contributed by atoms with Crippen molar-refractivity contribution in [2.45, 2.75) is 58.9 Å². The van der Waals surface area contributed by atoms with Gasteiger partial charge in [-0.1, -0.05) is 20.8 Å². The highest BCUT2D eigenvalue weighted by Crippen LogP contribution is 2.33. The quantitative estimate of drug-likeness (QED) is 0.765. The monoisotopic (exact) mass is 238 g/mol. The topological polar surface area (TPSA) is 15.3 Å². The lowest BCUT2D eigenvalue weighted by Crippen LogP contribution is -2.46. The van der Waals surface area contributed by atoms with Gasteiger partial charge in [-0.2, -0.15) is 0 Å². The molecule has 1 saturated heterocycles. The largest absolute Gasteiger partial charge is 0.316 e. The van der Waals surface area contributed by atoms with E-state index in [2.05, 4.69) is 31.0 Å². The number of hydrogen-bond acceptors (Lipinski definition) is 2. The van der Waals surface area contributed by atoms with E-state index in [1.165, 1.54) is 58.3 Å². The fraction of sp³-hybridized carbons (Fsp3) is 1.00. The molecule has 100 valence electrons. The third kappa shape index (κ3) is 4.26. The lowest BCUT2D eigenvalue weighted by Gasteiger charge is -2.39. The highest BCUT2D eigenvalue weighted by atomic mass is 15.2. The standard InChI is InChI=1S/C15H30N2/c1-13(2)7-10-17(14-5-6-14)12-15(3)8-4-9-16-11-15/h13-14,16H,4-12H2,1-3H3. The van der Waals surface area contributed by atoms with Crippen LogP contribution in [0.3, 0.4) is 0 Å². The summed E-state index contributed by atoms with van der Waals surface area (Å²) in [6.07, 6.45) is 7.02. The lowest BCUT2D eigenvalue weighted by molar-refractivity contribution is 0.122. The average Bonchev–Trinajstić information content (AvgIpc) is 3.08. The number of rotatable bonds is 6. The molecule has 1 saturated carbocycles. The van der Waals surface area contributed by atoms with Crippen molar-refractivity contribution in [3.63, 3.8) is 0 Å². The minimum Gasteiger partial charge on any atom is -0.316 e. The zero-order valence-corrected chi connectivity index (χ0v) is 12.0. The summed E-state index contributed by atoms with van der Waals surface area (Å²) in [6, 6.07) is 0.924. The Kier molecular flexibility index (Phi) is 4.48. The molecule has 1 heterocycles. The van der Waals surface area contributed by atoms with Gasteiger partial charge in [0.15, 0.2) is 0 Å². The maximum Gasteiger partial charge on any atom is 0.00966 e. The van der Waals surface area contributed by atoms with Gasteiger partial charge in [0.25, 0.3) is 0 Å². The number of nitrogens with zero attached hydrogens (tertiary/aromatic N) is 1. The summed E-state index contributed by atoms with van der Waals surface area (Å²) in [5, 5.41) is 3.58. The maximum absolute atomic E-state index is 3.58.